The van der Waals surface area contributed by atoms with Crippen LogP contribution in [0.4, 0.5) is 0 Å². The van der Waals surface area contributed by atoms with E-state index in [2.05, 4.69) is 9.97 Å². The molecule has 1 aromatic carbocycles. The van der Waals surface area contributed by atoms with Crippen molar-refractivity contribution in [2.45, 2.75) is 6.42 Å². The lowest BCUT2D eigenvalue weighted by molar-refractivity contribution is 0.452. The van der Waals surface area contributed by atoms with E-state index >= 15 is 0 Å². The van der Waals surface area contributed by atoms with Crippen molar-refractivity contribution >= 4 is 0 Å². The average Bonchev–Trinajstić information content (AvgIpc) is 2.29. The molecule has 0 radical (unpaired) electrons. The van der Waals surface area contributed by atoms with Gasteiger partial charge in [0.25, 0.3) is 5.56 Å². The van der Waals surface area contributed by atoms with Gasteiger partial charge in [-0.15, -0.1) is 0 Å². The first-order valence-electron chi connectivity index (χ1n) is 5.29. The molecule has 0 amide bonds. The highest BCUT2D eigenvalue weighted by Gasteiger charge is 2.03. The Kier molecular flexibility index (Phi) is 3.20. The van der Waals surface area contributed by atoms with Crippen molar-refractivity contribution in [3.8, 4) is 17.3 Å². The van der Waals surface area contributed by atoms with Crippen molar-refractivity contribution in [2.24, 2.45) is 5.73 Å². The Morgan fingerprint density at radius 3 is 2.59 bits per heavy atom. The zero-order valence-electron chi connectivity index (χ0n) is 9.18. The number of benzene rings is 1. The molecule has 0 aliphatic carbocycles. The maximum atomic E-state index is 11.2. The summed E-state index contributed by atoms with van der Waals surface area (Å²) in [6.45, 7) is 0.598. The molecule has 17 heavy (non-hydrogen) atoms. The van der Waals surface area contributed by atoms with Gasteiger partial charge in [0.2, 0.25) is 5.88 Å². The number of nitrogens with one attached hydrogen (secondary N) is 1. The molecule has 0 fully saturated rings. The molecular weight excluding hydrogens is 218 g/mol. The first-order chi connectivity index (χ1) is 8.19. The molecule has 4 N–H and O–H groups in total. The van der Waals surface area contributed by atoms with Crippen LogP contribution in [0.1, 0.15) is 5.56 Å². The quantitative estimate of drug-likeness (QED) is 0.723. The minimum absolute atomic E-state index is 0.283. The summed E-state index contributed by atoms with van der Waals surface area (Å²) in [6, 6.07) is 8.55. The van der Waals surface area contributed by atoms with E-state index in [9.17, 15) is 9.90 Å². The topological polar surface area (TPSA) is 92.0 Å². The summed E-state index contributed by atoms with van der Waals surface area (Å²) in [4.78, 5) is 17.6. The van der Waals surface area contributed by atoms with E-state index in [4.69, 9.17) is 5.73 Å². The maximum absolute atomic E-state index is 11.2. The summed E-state index contributed by atoms with van der Waals surface area (Å²) in [5.41, 5.74) is 6.95. The van der Waals surface area contributed by atoms with E-state index in [1.54, 1.807) is 0 Å². The van der Waals surface area contributed by atoms with Crippen LogP contribution in [0.2, 0.25) is 0 Å². The van der Waals surface area contributed by atoms with Crippen LogP contribution in [-0.2, 0) is 6.42 Å². The Bertz CT molecular complexity index is 561. The van der Waals surface area contributed by atoms with Gasteiger partial charge in [-0.3, -0.25) is 4.79 Å². The number of nitrogens with zero attached hydrogens (tertiary/aromatic N) is 1. The molecule has 0 saturated heterocycles. The first kappa shape index (κ1) is 11.3. The Morgan fingerprint density at radius 1 is 1.29 bits per heavy atom. The average molecular weight is 231 g/mol. The second-order valence-corrected chi connectivity index (χ2v) is 3.69. The molecule has 0 saturated carbocycles. The van der Waals surface area contributed by atoms with E-state index in [0.29, 0.717) is 12.4 Å². The summed E-state index contributed by atoms with van der Waals surface area (Å²) in [5, 5.41) is 9.25. The van der Waals surface area contributed by atoms with Crippen LogP contribution in [0, 0.1) is 0 Å². The second kappa shape index (κ2) is 4.80. The van der Waals surface area contributed by atoms with Crippen LogP contribution < -0.4 is 11.3 Å². The molecule has 2 rings (SSSR count). The maximum Gasteiger partial charge on any atom is 0.254 e. The third kappa shape index (κ3) is 2.70. The van der Waals surface area contributed by atoms with E-state index in [0.717, 1.165) is 23.6 Å². The molecule has 5 heteroatoms. The second-order valence-electron chi connectivity index (χ2n) is 3.69. The molecule has 2 aromatic rings. The third-order valence-electron chi connectivity index (χ3n) is 2.39. The van der Waals surface area contributed by atoms with Crippen molar-refractivity contribution in [1.82, 2.24) is 9.97 Å². The van der Waals surface area contributed by atoms with E-state index in [-0.39, 0.29) is 11.4 Å². The lowest BCUT2D eigenvalue weighted by Gasteiger charge is -2.03. The minimum atomic E-state index is -0.376. The summed E-state index contributed by atoms with van der Waals surface area (Å²) in [6.07, 6.45) is 0.810. The molecule has 1 heterocycles. The predicted molar refractivity (Wildman–Crippen MR) is 64.7 cm³/mol. The van der Waals surface area contributed by atoms with Gasteiger partial charge in [-0.1, -0.05) is 24.3 Å². The number of H-pyrrole nitrogens is 1. The normalized spacial score (nSPS) is 10.4. The van der Waals surface area contributed by atoms with Crippen LogP contribution in [0.15, 0.2) is 35.1 Å². The third-order valence-corrected chi connectivity index (χ3v) is 2.39. The van der Waals surface area contributed by atoms with Gasteiger partial charge < -0.3 is 15.8 Å². The Hall–Kier alpha value is -2.14. The molecule has 0 atom stereocenters. The molecule has 0 spiro atoms. The zero-order valence-corrected chi connectivity index (χ0v) is 9.18. The smallest absolute Gasteiger partial charge is 0.254 e. The lowest BCUT2D eigenvalue weighted by atomic mass is 10.1. The van der Waals surface area contributed by atoms with Gasteiger partial charge in [0.1, 0.15) is 5.82 Å². The summed E-state index contributed by atoms with van der Waals surface area (Å²) >= 11 is 0. The molecule has 5 nitrogen and oxygen atoms in total. The van der Waals surface area contributed by atoms with Crippen molar-refractivity contribution in [1.29, 1.82) is 0 Å². The highest BCUT2D eigenvalue weighted by Crippen LogP contribution is 2.16. The number of nitrogens with two attached hydrogens (primary N) is 1. The molecule has 88 valence electrons. The SMILES string of the molecule is NCCc1ccc(-c2nc(O)cc(=O)[nH]2)cc1. The minimum Gasteiger partial charge on any atom is -0.493 e. The Labute approximate surface area is 98.0 Å². The van der Waals surface area contributed by atoms with E-state index in [1.807, 2.05) is 24.3 Å². The Morgan fingerprint density at radius 2 is 2.00 bits per heavy atom. The molecular formula is C12H13N3O2. The van der Waals surface area contributed by atoms with E-state index in [1.165, 1.54) is 0 Å². The monoisotopic (exact) mass is 231 g/mol. The van der Waals surface area contributed by atoms with Crippen LogP contribution in [0.5, 0.6) is 5.88 Å². The molecule has 0 aliphatic heterocycles. The van der Waals surface area contributed by atoms with Crippen molar-refractivity contribution in [2.75, 3.05) is 6.54 Å². The summed E-state index contributed by atoms with van der Waals surface area (Å²) in [5.74, 6) is 0.0732. The molecule has 0 bridgehead atoms. The van der Waals surface area contributed by atoms with Gasteiger partial charge in [-0.05, 0) is 18.5 Å². The summed E-state index contributed by atoms with van der Waals surface area (Å²) in [7, 11) is 0. The highest BCUT2D eigenvalue weighted by atomic mass is 16.3. The van der Waals surface area contributed by atoms with Crippen LogP contribution in [-0.4, -0.2) is 21.6 Å². The Balaban J connectivity index is 2.36. The van der Waals surface area contributed by atoms with Crippen molar-refractivity contribution in [3.63, 3.8) is 0 Å². The highest BCUT2D eigenvalue weighted by molar-refractivity contribution is 5.55. The van der Waals surface area contributed by atoms with Gasteiger partial charge in [-0.2, -0.15) is 4.98 Å². The van der Waals surface area contributed by atoms with Crippen LogP contribution in [0.3, 0.4) is 0 Å². The number of rotatable bonds is 3. The number of hydrogen-bond donors (Lipinski definition) is 3. The number of aromatic nitrogens is 2. The largest absolute Gasteiger partial charge is 0.493 e. The van der Waals surface area contributed by atoms with E-state index < -0.39 is 0 Å². The fourth-order valence-corrected chi connectivity index (χ4v) is 1.58. The van der Waals surface area contributed by atoms with Gasteiger partial charge in [0.05, 0.1) is 6.07 Å². The molecule has 0 unspecified atom stereocenters. The lowest BCUT2D eigenvalue weighted by Crippen LogP contribution is -2.06. The van der Waals surface area contributed by atoms with Gasteiger partial charge in [0, 0.05) is 5.56 Å². The number of hydrogen-bond acceptors (Lipinski definition) is 4. The van der Waals surface area contributed by atoms with Crippen LogP contribution >= 0.6 is 0 Å². The van der Waals surface area contributed by atoms with Gasteiger partial charge in [-0.25, -0.2) is 0 Å². The standard InChI is InChI=1S/C12H13N3O2/c13-6-5-8-1-3-9(4-2-8)12-14-10(16)7-11(17)15-12/h1-4,7H,5-6,13H2,(H2,14,15,16,17). The van der Waals surface area contributed by atoms with Crippen molar-refractivity contribution in [3.05, 3.63) is 46.2 Å². The summed E-state index contributed by atoms with van der Waals surface area (Å²) < 4.78 is 0. The molecule has 1 aromatic heterocycles. The fourth-order valence-electron chi connectivity index (χ4n) is 1.58. The zero-order chi connectivity index (χ0) is 12.3. The predicted octanol–water partition coefficient (Wildman–Crippen LogP) is 0.644. The fraction of sp³-hybridized carbons (Fsp3) is 0.167. The molecule has 0 aliphatic rings. The van der Waals surface area contributed by atoms with Gasteiger partial charge >= 0.3 is 0 Å². The first-order valence-corrected chi connectivity index (χ1v) is 5.29. The van der Waals surface area contributed by atoms with Crippen molar-refractivity contribution < 1.29 is 5.11 Å². The van der Waals surface area contributed by atoms with Crippen LogP contribution in [0.25, 0.3) is 11.4 Å². The number of aromatic amines is 1. The van der Waals surface area contributed by atoms with Gasteiger partial charge in [0.15, 0.2) is 0 Å². The number of aromatic hydroxyl groups is 1.